The first kappa shape index (κ1) is 21.8. The molecule has 8 nitrogen and oxygen atoms in total. The molecule has 1 heterocycles. The Bertz CT molecular complexity index is 933. The van der Waals surface area contributed by atoms with E-state index in [-0.39, 0.29) is 28.7 Å². The van der Waals surface area contributed by atoms with Gasteiger partial charge < -0.3 is 15.4 Å². The second-order valence-electron chi connectivity index (χ2n) is 8.30. The van der Waals surface area contributed by atoms with Gasteiger partial charge in [-0.05, 0) is 51.2 Å². The molecule has 0 unspecified atom stereocenters. The number of carbonyl (C=O) groups excluding carboxylic acids is 3. The summed E-state index contributed by atoms with van der Waals surface area (Å²) in [4.78, 5) is 38.0. The Morgan fingerprint density at radius 2 is 2.00 bits per heavy atom. The Morgan fingerprint density at radius 3 is 2.60 bits per heavy atom. The molecule has 30 heavy (non-hydrogen) atoms. The van der Waals surface area contributed by atoms with Gasteiger partial charge in [0.15, 0.2) is 5.78 Å². The molecule has 1 atom stereocenters. The van der Waals surface area contributed by atoms with Gasteiger partial charge in [-0.15, -0.1) is 0 Å². The van der Waals surface area contributed by atoms with E-state index in [1.807, 2.05) is 0 Å². The van der Waals surface area contributed by atoms with Gasteiger partial charge in [0.2, 0.25) is 0 Å². The van der Waals surface area contributed by atoms with Crippen LogP contribution in [0.15, 0.2) is 30.5 Å². The van der Waals surface area contributed by atoms with E-state index in [9.17, 15) is 14.4 Å². The van der Waals surface area contributed by atoms with Gasteiger partial charge in [-0.25, -0.2) is 4.79 Å². The molecule has 1 fully saturated rings. The molecule has 0 radical (unpaired) electrons. The van der Waals surface area contributed by atoms with E-state index in [4.69, 9.17) is 16.3 Å². The zero-order valence-corrected chi connectivity index (χ0v) is 17.9. The van der Waals surface area contributed by atoms with Crippen LogP contribution in [0.25, 0.3) is 0 Å². The van der Waals surface area contributed by atoms with Gasteiger partial charge in [-0.1, -0.05) is 23.7 Å². The molecule has 3 N–H and O–H groups in total. The molecule has 3 rings (SSSR count). The minimum absolute atomic E-state index is 0.0384. The fraction of sp³-hybridized carbons (Fsp3) is 0.429. The zero-order valence-electron chi connectivity index (χ0n) is 17.1. The average molecular weight is 433 g/mol. The number of amides is 2. The lowest BCUT2D eigenvalue weighted by atomic mass is 9.96. The first-order valence-electron chi connectivity index (χ1n) is 9.74. The van der Waals surface area contributed by atoms with Gasteiger partial charge in [0, 0.05) is 12.5 Å². The average Bonchev–Trinajstić information content (AvgIpc) is 3.35. The highest BCUT2D eigenvalue weighted by molar-refractivity contribution is 6.34. The highest BCUT2D eigenvalue weighted by Crippen LogP contribution is 2.34. The molecule has 2 aromatic rings. The van der Waals surface area contributed by atoms with Crippen LogP contribution < -0.4 is 10.6 Å². The smallest absolute Gasteiger partial charge is 0.408 e. The van der Waals surface area contributed by atoms with Gasteiger partial charge in [-0.3, -0.25) is 14.7 Å². The largest absolute Gasteiger partial charge is 0.444 e. The second kappa shape index (κ2) is 8.87. The van der Waals surface area contributed by atoms with Crippen LogP contribution in [0.3, 0.4) is 0 Å². The van der Waals surface area contributed by atoms with Gasteiger partial charge in [-0.2, -0.15) is 5.10 Å². The molecule has 1 aromatic heterocycles. The van der Waals surface area contributed by atoms with Crippen LogP contribution in [0.5, 0.6) is 0 Å². The van der Waals surface area contributed by atoms with Crippen molar-refractivity contribution in [1.82, 2.24) is 15.5 Å². The third-order valence-corrected chi connectivity index (χ3v) is 4.87. The summed E-state index contributed by atoms with van der Waals surface area (Å²) in [5.41, 5.74) is 0.0432. The third kappa shape index (κ3) is 5.82. The fourth-order valence-electron chi connectivity index (χ4n) is 3.10. The molecule has 0 bridgehead atoms. The standard InChI is InChI=1S/C21H25ClN4O4/c1-21(2,3)30-20(29)25-18(12-7-8-12)15(27)11-13-5-4-6-14(22)17(13)19(28)24-16-9-10-23-26-16/h4-6,9-10,12,18H,7-8,11H2,1-3H3,(H,25,29)(H2,23,24,26,28)/t18-/m0/s1. The Balaban J connectivity index is 1.75. The lowest BCUT2D eigenvalue weighted by Gasteiger charge is -2.23. The Labute approximate surface area is 179 Å². The summed E-state index contributed by atoms with van der Waals surface area (Å²) in [6.45, 7) is 5.28. The molecular weight excluding hydrogens is 408 g/mol. The van der Waals surface area contributed by atoms with E-state index in [2.05, 4.69) is 20.8 Å². The highest BCUT2D eigenvalue weighted by atomic mass is 35.5. The summed E-state index contributed by atoms with van der Waals surface area (Å²) in [7, 11) is 0. The van der Waals surface area contributed by atoms with E-state index >= 15 is 0 Å². The summed E-state index contributed by atoms with van der Waals surface area (Å²) in [6.07, 6.45) is 2.55. The summed E-state index contributed by atoms with van der Waals surface area (Å²) in [5.74, 6) is -0.150. The van der Waals surface area contributed by atoms with Crippen LogP contribution in [0.2, 0.25) is 5.02 Å². The first-order valence-corrected chi connectivity index (χ1v) is 10.1. The van der Waals surface area contributed by atoms with Crippen molar-refractivity contribution in [1.29, 1.82) is 0 Å². The number of nitrogens with zero attached hydrogens (tertiary/aromatic N) is 1. The molecule has 9 heteroatoms. The molecule has 2 amide bonds. The zero-order chi connectivity index (χ0) is 21.9. The molecule has 0 saturated heterocycles. The lowest BCUT2D eigenvalue weighted by Crippen LogP contribution is -2.45. The maximum Gasteiger partial charge on any atom is 0.408 e. The van der Waals surface area contributed by atoms with E-state index in [1.54, 1.807) is 45.0 Å². The number of H-pyrrole nitrogens is 1. The summed E-state index contributed by atoms with van der Waals surface area (Å²) < 4.78 is 5.29. The van der Waals surface area contributed by atoms with Crippen LogP contribution >= 0.6 is 11.6 Å². The van der Waals surface area contributed by atoms with Crippen molar-refractivity contribution in [2.75, 3.05) is 5.32 Å². The van der Waals surface area contributed by atoms with Crippen molar-refractivity contribution in [3.05, 3.63) is 46.6 Å². The van der Waals surface area contributed by atoms with Crippen LogP contribution in [0, 0.1) is 5.92 Å². The van der Waals surface area contributed by atoms with E-state index in [1.165, 1.54) is 6.20 Å². The molecule has 1 aromatic carbocycles. The van der Waals surface area contributed by atoms with Crippen LogP contribution in [-0.4, -0.2) is 39.6 Å². The van der Waals surface area contributed by atoms with Crippen molar-refractivity contribution < 1.29 is 19.1 Å². The molecule has 1 saturated carbocycles. The molecule has 1 aliphatic carbocycles. The van der Waals surface area contributed by atoms with Crippen LogP contribution in [0.4, 0.5) is 10.6 Å². The number of hydrogen-bond donors (Lipinski definition) is 3. The number of anilines is 1. The van der Waals surface area contributed by atoms with Crippen LogP contribution in [-0.2, 0) is 16.0 Å². The Morgan fingerprint density at radius 1 is 1.27 bits per heavy atom. The normalized spacial score (nSPS) is 14.7. The molecule has 1 aliphatic rings. The maximum absolute atomic E-state index is 13.0. The summed E-state index contributed by atoms with van der Waals surface area (Å²) in [6, 6.07) is 5.90. The number of carbonyl (C=O) groups is 3. The predicted octanol–water partition coefficient (Wildman–Crippen LogP) is 3.73. The van der Waals surface area contributed by atoms with Gasteiger partial charge in [0.25, 0.3) is 5.91 Å². The minimum Gasteiger partial charge on any atom is -0.444 e. The topological polar surface area (TPSA) is 113 Å². The van der Waals surface area contributed by atoms with Crippen molar-refractivity contribution in [2.24, 2.45) is 5.92 Å². The molecule has 0 spiro atoms. The number of rotatable bonds is 7. The molecule has 0 aliphatic heterocycles. The minimum atomic E-state index is -0.664. The highest BCUT2D eigenvalue weighted by Gasteiger charge is 2.38. The van der Waals surface area contributed by atoms with Crippen molar-refractivity contribution in [2.45, 2.75) is 51.7 Å². The summed E-state index contributed by atoms with van der Waals surface area (Å²) >= 11 is 6.27. The van der Waals surface area contributed by atoms with E-state index in [0.717, 1.165) is 12.8 Å². The SMILES string of the molecule is CC(C)(C)OC(=O)N[C@H](C(=O)Cc1cccc(Cl)c1C(=O)Nc1ccn[nH]1)C1CC1. The fourth-order valence-corrected chi connectivity index (χ4v) is 3.38. The second-order valence-corrected chi connectivity index (χ2v) is 8.71. The molecule has 160 valence electrons. The number of alkyl carbamates (subject to hydrolysis) is 1. The van der Waals surface area contributed by atoms with E-state index < -0.39 is 23.6 Å². The number of hydrogen-bond acceptors (Lipinski definition) is 5. The maximum atomic E-state index is 13.0. The number of aromatic amines is 1. The summed E-state index contributed by atoms with van der Waals surface area (Å²) in [5, 5.41) is 12.0. The number of nitrogens with one attached hydrogen (secondary N) is 3. The third-order valence-electron chi connectivity index (χ3n) is 4.55. The van der Waals surface area contributed by atoms with Crippen LogP contribution in [0.1, 0.15) is 49.5 Å². The Kier molecular flexibility index (Phi) is 6.45. The quantitative estimate of drug-likeness (QED) is 0.616. The van der Waals surface area contributed by atoms with Crippen molar-refractivity contribution in [3.8, 4) is 0 Å². The lowest BCUT2D eigenvalue weighted by molar-refractivity contribution is -0.121. The van der Waals surface area contributed by atoms with E-state index in [0.29, 0.717) is 11.4 Å². The first-order chi connectivity index (χ1) is 14.1. The van der Waals surface area contributed by atoms with Gasteiger partial charge >= 0.3 is 6.09 Å². The van der Waals surface area contributed by atoms with Crippen molar-refractivity contribution in [3.63, 3.8) is 0 Å². The number of ether oxygens (including phenoxy) is 1. The van der Waals surface area contributed by atoms with Crippen molar-refractivity contribution >= 4 is 35.2 Å². The van der Waals surface area contributed by atoms with Gasteiger partial charge in [0.1, 0.15) is 11.4 Å². The van der Waals surface area contributed by atoms with Gasteiger partial charge in [0.05, 0.1) is 22.8 Å². The predicted molar refractivity (Wildman–Crippen MR) is 113 cm³/mol. The molecular formula is C21H25ClN4O4. The number of aromatic nitrogens is 2. The number of ketones is 1. The monoisotopic (exact) mass is 432 g/mol. The number of Topliss-reactive ketones (excluding diaryl/α,β-unsaturated/α-hetero) is 1. The number of benzene rings is 1. The Hall–Kier alpha value is -2.87. The number of halogens is 1.